The second kappa shape index (κ2) is 6.18. The number of likely N-dealkylation sites (N-methyl/N-ethyl adjacent to an activating group) is 1. The van der Waals surface area contributed by atoms with Gasteiger partial charge < -0.3 is 10.6 Å². The molecule has 0 saturated carbocycles. The number of carbonyl (C=O) groups is 1. The number of hydrogen-bond acceptors (Lipinski definition) is 2. The SMILES string of the molecule is CCNC(=O)CNc1cc(Cl)c(Cl)cc1Cl. The second-order valence-electron chi connectivity index (χ2n) is 3.05. The largest absolute Gasteiger partial charge is 0.375 e. The van der Waals surface area contributed by atoms with E-state index in [1.807, 2.05) is 6.92 Å². The number of rotatable bonds is 4. The number of nitrogens with one attached hydrogen (secondary N) is 2. The van der Waals surface area contributed by atoms with Gasteiger partial charge in [-0.15, -0.1) is 0 Å². The summed E-state index contributed by atoms with van der Waals surface area (Å²) in [5.74, 6) is -0.107. The standard InChI is InChI=1S/C10H11Cl3N2O/c1-2-14-10(16)5-15-9-4-7(12)6(11)3-8(9)13/h3-4,15H,2,5H2,1H3,(H,14,16). The quantitative estimate of drug-likeness (QED) is 0.832. The van der Waals surface area contributed by atoms with Gasteiger partial charge in [-0.2, -0.15) is 0 Å². The Morgan fingerprint density at radius 3 is 2.44 bits per heavy atom. The van der Waals surface area contributed by atoms with Crippen LogP contribution in [0.1, 0.15) is 6.92 Å². The molecule has 1 amide bonds. The molecule has 0 aliphatic carbocycles. The van der Waals surface area contributed by atoms with Crippen LogP contribution in [0.2, 0.25) is 15.1 Å². The molecule has 1 aromatic carbocycles. The molecule has 0 spiro atoms. The molecule has 88 valence electrons. The maximum absolute atomic E-state index is 11.2. The number of carbonyl (C=O) groups excluding carboxylic acids is 1. The van der Waals surface area contributed by atoms with Crippen molar-refractivity contribution in [2.24, 2.45) is 0 Å². The first kappa shape index (κ1) is 13.4. The first-order chi connectivity index (χ1) is 7.54. The van der Waals surface area contributed by atoms with Gasteiger partial charge >= 0.3 is 0 Å². The second-order valence-corrected chi connectivity index (χ2v) is 4.27. The Hall–Kier alpha value is -0.640. The van der Waals surface area contributed by atoms with Crippen molar-refractivity contribution in [1.82, 2.24) is 5.32 Å². The van der Waals surface area contributed by atoms with Crippen molar-refractivity contribution < 1.29 is 4.79 Å². The lowest BCUT2D eigenvalue weighted by molar-refractivity contribution is -0.119. The predicted octanol–water partition coefficient (Wildman–Crippen LogP) is 3.19. The molecule has 0 unspecified atom stereocenters. The summed E-state index contributed by atoms with van der Waals surface area (Å²) >= 11 is 17.5. The molecule has 0 radical (unpaired) electrons. The molecule has 16 heavy (non-hydrogen) atoms. The van der Waals surface area contributed by atoms with Crippen LogP contribution in [0.4, 0.5) is 5.69 Å². The van der Waals surface area contributed by atoms with Crippen molar-refractivity contribution in [3.63, 3.8) is 0 Å². The van der Waals surface area contributed by atoms with Crippen molar-refractivity contribution in [1.29, 1.82) is 0 Å². The third-order valence-electron chi connectivity index (χ3n) is 1.82. The highest BCUT2D eigenvalue weighted by molar-refractivity contribution is 6.44. The third-order valence-corrected chi connectivity index (χ3v) is 2.86. The van der Waals surface area contributed by atoms with Gasteiger partial charge in [0, 0.05) is 6.54 Å². The number of amides is 1. The summed E-state index contributed by atoms with van der Waals surface area (Å²) in [5, 5.41) is 6.74. The molecular weight excluding hydrogens is 270 g/mol. The number of hydrogen-bond donors (Lipinski definition) is 2. The summed E-state index contributed by atoms with van der Waals surface area (Å²) in [6.45, 7) is 2.59. The van der Waals surface area contributed by atoms with Crippen LogP contribution in [0.5, 0.6) is 0 Å². The molecule has 0 saturated heterocycles. The molecule has 0 aliphatic rings. The molecule has 0 bridgehead atoms. The Bertz CT molecular complexity index is 396. The smallest absolute Gasteiger partial charge is 0.239 e. The first-order valence-corrected chi connectivity index (χ1v) is 5.83. The molecule has 1 aromatic rings. The average Bonchev–Trinajstić information content (AvgIpc) is 2.22. The summed E-state index contributed by atoms with van der Waals surface area (Å²) in [7, 11) is 0. The van der Waals surface area contributed by atoms with Crippen molar-refractivity contribution in [2.45, 2.75) is 6.92 Å². The van der Waals surface area contributed by atoms with Crippen LogP contribution in [-0.4, -0.2) is 19.0 Å². The van der Waals surface area contributed by atoms with Gasteiger partial charge in [0.05, 0.1) is 27.3 Å². The minimum atomic E-state index is -0.107. The minimum absolute atomic E-state index is 0.107. The summed E-state index contributed by atoms with van der Waals surface area (Å²) in [6, 6.07) is 3.12. The van der Waals surface area contributed by atoms with Crippen molar-refractivity contribution in [2.75, 3.05) is 18.4 Å². The van der Waals surface area contributed by atoms with E-state index < -0.39 is 0 Å². The lowest BCUT2D eigenvalue weighted by atomic mass is 10.3. The van der Waals surface area contributed by atoms with Crippen molar-refractivity contribution in [3.05, 3.63) is 27.2 Å². The predicted molar refractivity (Wildman–Crippen MR) is 68.6 cm³/mol. The molecule has 0 fully saturated rings. The van der Waals surface area contributed by atoms with E-state index in [1.165, 1.54) is 6.07 Å². The third kappa shape index (κ3) is 3.74. The highest BCUT2D eigenvalue weighted by Gasteiger charge is 2.07. The Morgan fingerprint density at radius 1 is 1.19 bits per heavy atom. The molecule has 0 aromatic heterocycles. The number of halogens is 3. The summed E-state index contributed by atoms with van der Waals surface area (Å²) in [5.41, 5.74) is 0.585. The van der Waals surface area contributed by atoms with E-state index in [9.17, 15) is 4.79 Å². The van der Waals surface area contributed by atoms with E-state index in [1.54, 1.807) is 6.07 Å². The topological polar surface area (TPSA) is 41.1 Å². The van der Waals surface area contributed by atoms with Gasteiger partial charge in [-0.1, -0.05) is 34.8 Å². The fourth-order valence-corrected chi connectivity index (χ4v) is 1.71. The van der Waals surface area contributed by atoms with Crippen LogP contribution in [0.15, 0.2) is 12.1 Å². The molecule has 0 aliphatic heterocycles. The van der Waals surface area contributed by atoms with Crippen LogP contribution < -0.4 is 10.6 Å². The number of anilines is 1. The van der Waals surface area contributed by atoms with E-state index in [2.05, 4.69) is 10.6 Å². The fourth-order valence-electron chi connectivity index (χ4n) is 1.09. The maximum Gasteiger partial charge on any atom is 0.239 e. The van der Waals surface area contributed by atoms with Crippen LogP contribution in [-0.2, 0) is 4.79 Å². The highest BCUT2D eigenvalue weighted by atomic mass is 35.5. The molecule has 1 rings (SSSR count). The number of benzene rings is 1. The molecule has 6 heteroatoms. The Morgan fingerprint density at radius 2 is 1.81 bits per heavy atom. The Kier molecular flexibility index (Phi) is 5.19. The molecular formula is C10H11Cl3N2O. The zero-order valence-corrected chi connectivity index (χ0v) is 10.9. The van der Waals surface area contributed by atoms with Crippen LogP contribution in [0, 0.1) is 0 Å². The molecule has 2 N–H and O–H groups in total. The summed E-state index contributed by atoms with van der Waals surface area (Å²) in [4.78, 5) is 11.2. The normalized spacial score (nSPS) is 10.0. The van der Waals surface area contributed by atoms with Gasteiger partial charge in [0.25, 0.3) is 0 Å². The Balaban J connectivity index is 2.67. The van der Waals surface area contributed by atoms with Gasteiger partial charge in [0.1, 0.15) is 0 Å². The molecule has 0 heterocycles. The Labute approximate surface area is 109 Å². The van der Waals surface area contributed by atoms with Crippen LogP contribution >= 0.6 is 34.8 Å². The zero-order chi connectivity index (χ0) is 12.1. The van der Waals surface area contributed by atoms with Crippen LogP contribution in [0.3, 0.4) is 0 Å². The van der Waals surface area contributed by atoms with Gasteiger partial charge in [-0.3, -0.25) is 4.79 Å². The maximum atomic E-state index is 11.2. The fraction of sp³-hybridized carbons (Fsp3) is 0.300. The molecule has 3 nitrogen and oxygen atoms in total. The zero-order valence-electron chi connectivity index (χ0n) is 8.61. The average molecular weight is 282 g/mol. The van der Waals surface area contributed by atoms with E-state index in [4.69, 9.17) is 34.8 Å². The van der Waals surface area contributed by atoms with E-state index >= 15 is 0 Å². The van der Waals surface area contributed by atoms with Gasteiger partial charge in [0.15, 0.2) is 0 Å². The lowest BCUT2D eigenvalue weighted by Crippen LogP contribution is -2.29. The van der Waals surface area contributed by atoms with Crippen molar-refractivity contribution in [3.8, 4) is 0 Å². The van der Waals surface area contributed by atoms with Crippen molar-refractivity contribution >= 4 is 46.4 Å². The first-order valence-electron chi connectivity index (χ1n) is 4.69. The van der Waals surface area contributed by atoms with E-state index in [0.717, 1.165) is 0 Å². The van der Waals surface area contributed by atoms with Gasteiger partial charge in [-0.25, -0.2) is 0 Å². The van der Waals surface area contributed by atoms with Gasteiger partial charge in [-0.05, 0) is 19.1 Å². The lowest BCUT2D eigenvalue weighted by Gasteiger charge is -2.09. The monoisotopic (exact) mass is 280 g/mol. The summed E-state index contributed by atoms with van der Waals surface area (Å²) in [6.07, 6.45) is 0. The highest BCUT2D eigenvalue weighted by Crippen LogP contribution is 2.31. The van der Waals surface area contributed by atoms with E-state index in [-0.39, 0.29) is 12.5 Å². The molecule has 0 atom stereocenters. The van der Waals surface area contributed by atoms with Gasteiger partial charge in [0.2, 0.25) is 5.91 Å². The minimum Gasteiger partial charge on any atom is -0.375 e. The summed E-state index contributed by atoms with van der Waals surface area (Å²) < 4.78 is 0. The van der Waals surface area contributed by atoms with Crippen LogP contribution in [0.25, 0.3) is 0 Å². The van der Waals surface area contributed by atoms with E-state index in [0.29, 0.717) is 27.3 Å².